The summed E-state index contributed by atoms with van der Waals surface area (Å²) in [5.74, 6) is 0.880. The predicted octanol–water partition coefficient (Wildman–Crippen LogP) is 3.81. The molecule has 1 N–H and O–H groups in total. The lowest BCUT2D eigenvalue weighted by Crippen LogP contribution is -2.16. The average Bonchev–Trinajstić information content (AvgIpc) is 3.18. The molecule has 102 valence electrons. The third-order valence-corrected chi connectivity index (χ3v) is 4.58. The summed E-state index contributed by atoms with van der Waals surface area (Å²) in [4.78, 5) is 0. The Kier molecular flexibility index (Phi) is 4.49. The zero-order chi connectivity index (χ0) is 12.9. The lowest BCUT2D eigenvalue weighted by atomic mass is 10.2. The normalized spacial score (nSPS) is 15.2. The van der Waals surface area contributed by atoms with Crippen LogP contribution in [-0.4, -0.2) is 19.8 Å². The Balaban J connectivity index is 1.35. The molecule has 0 radical (unpaired) electrons. The smallest absolute Gasteiger partial charge is 0.0494 e. The number of thiophene rings is 1. The summed E-state index contributed by atoms with van der Waals surface area (Å²) >= 11 is 1.83. The molecule has 1 saturated carbocycles. The number of benzene rings is 1. The minimum absolute atomic E-state index is 0.880. The number of hydrogen-bond acceptors (Lipinski definition) is 3. The molecule has 1 aliphatic rings. The molecule has 2 nitrogen and oxygen atoms in total. The number of fused-ring (bicyclic) bond motifs is 1. The van der Waals surface area contributed by atoms with Crippen LogP contribution in [0.25, 0.3) is 10.1 Å². The molecule has 3 rings (SSSR count). The second kappa shape index (κ2) is 6.51. The van der Waals surface area contributed by atoms with Crippen molar-refractivity contribution < 1.29 is 4.74 Å². The molecule has 0 aliphatic heterocycles. The summed E-state index contributed by atoms with van der Waals surface area (Å²) in [7, 11) is 0. The Bertz CT molecular complexity index is 518. The van der Waals surface area contributed by atoms with Gasteiger partial charge in [0, 0.05) is 24.5 Å². The fraction of sp³-hybridized carbons (Fsp3) is 0.500. The van der Waals surface area contributed by atoms with Gasteiger partial charge in [0.25, 0.3) is 0 Å². The molecule has 1 aliphatic carbocycles. The van der Waals surface area contributed by atoms with Crippen LogP contribution in [0, 0.1) is 5.92 Å². The van der Waals surface area contributed by atoms with Crippen LogP contribution in [0.5, 0.6) is 0 Å². The molecule has 0 atom stereocenters. The van der Waals surface area contributed by atoms with Crippen molar-refractivity contribution in [3.63, 3.8) is 0 Å². The minimum atomic E-state index is 0.880. The van der Waals surface area contributed by atoms with Crippen LogP contribution in [0.3, 0.4) is 0 Å². The van der Waals surface area contributed by atoms with E-state index in [2.05, 4.69) is 35.0 Å². The van der Waals surface area contributed by atoms with Gasteiger partial charge >= 0.3 is 0 Å². The van der Waals surface area contributed by atoms with Gasteiger partial charge in [0.05, 0.1) is 0 Å². The Morgan fingerprint density at radius 2 is 2.16 bits per heavy atom. The van der Waals surface area contributed by atoms with Crippen LogP contribution in [-0.2, 0) is 11.3 Å². The van der Waals surface area contributed by atoms with Crippen molar-refractivity contribution in [1.82, 2.24) is 5.32 Å². The predicted molar refractivity (Wildman–Crippen MR) is 81.7 cm³/mol. The van der Waals surface area contributed by atoms with E-state index in [9.17, 15) is 0 Å². The molecule has 1 aromatic carbocycles. The van der Waals surface area contributed by atoms with Crippen molar-refractivity contribution >= 4 is 21.4 Å². The highest BCUT2D eigenvalue weighted by Gasteiger charge is 2.20. The van der Waals surface area contributed by atoms with Gasteiger partial charge in [-0.25, -0.2) is 0 Å². The van der Waals surface area contributed by atoms with Gasteiger partial charge < -0.3 is 10.1 Å². The van der Waals surface area contributed by atoms with Gasteiger partial charge in [0.1, 0.15) is 0 Å². The molecular formula is C16H21NOS. The number of ether oxygens (including phenoxy) is 1. The van der Waals surface area contributed by atoms with E-state index >= 15 is 0 Å². The van der Waals surface area contributed by atoms with Crippen molar-refractivity contribution in [3.05, 3.63) is 35.2 Å². The van der Waals surface area contributed by atoms with Gasteiger partial charge in [-0.15, -0.1) is 11.3 Å². The number of nitrogens with one attached hydrogen (secondary N) is 1. The van der Waals surface area contributed by atoms with Crippen LogP contribution in [0.15, 0.2) is 29.6 Å². The maximum Gasteiger partial charge on any atom is 0.0494 e. The van der Waals surface area contributed by atoms with E-state index in [-0.39, 0.29) is 0 Å². The van der Waals surface area contributed by atoms with Gasteiger partial charge in [-0.1, -0.05) is 18.2 Å². The van der Waals surface area contributed by atoms with Gasteiger partial charge in [0.15, 0.2) is 0 Å². The minimum Gasteiger partial charge on any atom is -0.381 e. The highest BCUT2D eigenvalue weighted by molar-refractivity contribution is 7.17. The van der Waals surface area contributed by atoms with Crippen molar-refractivity contribution in [2.75, 3.05) is 19.8 Å². The van der Waals surface area contributed by atoms with Gasteiger partial charge in [-0.3, -0.25) is 0 Å². The molecular weight excluding hydrogens is 254 g/mol. The molecule has 1 fully saturated rings. The number of rotatable bonds is 8. The van der Waals surface area contributed by atoms with Gasteiger partial charge in [0.2, 0.25) is 0 Å². The monoisotopic (exact) mass is 275 g/mol. The quantitative estimate of drug-likeness (QED) is 0.740. The molecule has 0 bridgehead atoms. The Morgan fingerprint density at radius 1 is 1.26 bits per heavy atom. The van der Waals surface area contributed by atoms with Gasteiger partial charge in [-0.2, -0.15) is 0 Å². The van der Waals surface area contributed by atoms with Crippen LogP contribution in [0.2, 0.25) is 0 Å². The standard InChI is InChI=1S/C16H21NOS/c1-2-5-16-15(4-1)14(12-19-16)10-17-8-3-9-18-11-13-6-7-13/h1-2,4-5,12-13,17H,3,6-11H2. The van der Waals surface area contributed by atoms with Crippen LogP contribution in [0.1, 0.15) is 24.8 Å². The van der Waals surface area contributed by atoms with E-state index in [0.29, 0.717) is 0 Å². The summed E-state index contributed by atoms with van der Waals surface area (Å²) in [6, 6.07) is 8.62. The van der Waals surface area contributed by atoms with Crippen molar-refractivity contribution in [3.8, 4) is 0 Å². The zero-order valence-corrected chi connectivity index (χ0v) is 12.0. The molecule has 1 aromatic heterocycles. The summed E-state index contributed by atoms with van der Waals surface area (Å²) in [6.45, 7) is 3.88. The van der Waals surface area contributed by atoms with E-state index in [1.165, 1.54) is 28.5 Å². The second-order valence-corrected chi connectivity index (χ2v) is 6.22. The largest absolute Gasteiger partial charge is 0.381 e. The van der Waals surface area contributed by atoms with Crippen LogP contribution < -0.4 is 5.32 Å². The molecule has 3 heteroatoms. The molecule has 19 heavy (non-hydrogen) atoms. The highest BCUT2D eigenvalue weighted by atomic mass is 32.1. The first kappa shape index (κ1) is 13.1. The van der Waals surface area contributed by atoms with Crippen LogP contribution >= 0.6 is 11.3 Å². The molecule has 0 amide bonds. The molecule has 0 spiro atoms. The van der Waals surface area contributed by atoms with Crippen LogP contribution in [0.4, 0.5) is 0 Å². The zero-order valence-electron chi connectivity index (χ0n) is 11.2. The van der Waals surface area contributed by atoms with E-state index in [1.807, 2.05) is 11.3 Å². The molecule has 2 aromatic rings. The number of hydrogen-bond donors (Lipinski definition) is 1. The lowest BCUT2D eigenvalue weighted by Gasteiger charge is -2.05. The SMILES string of the molecule is c1ccc2c(CNCCCOCC3CC3)csc2c1. The third-order valence-electron chi connectivity index (χ3n) is 3.57. The van der Waals surface area contributed by atoms with Crippen molar-refractivity contribution in [2.24, 2.45) is 5.92 Å². The molecule has 1 heterocycles. The van der Waals surface area contributed by atoms with Crippen molar-refractivity contribution in [2.45, 2.75) is 25.8 Å². The van der Waals surface area contributed by atoms with E-state index < -0.39 is 0 Å². The lowest BCUT2D eigenvalue weighted by molar-refractivity contribution is 0.122. The van der Waals surface area contributed by atoms with Gasteiger partial charge in [-0.05, 0) is 54.1 Å². The fourth-order valence-electron chi connectivity index (χ4n) is 2.23. The summed E-state index contributed by atoms with van der Waals surface area (Å²) in [6.07, 6.45) is 3.86. The Hall–Kier alpha value is -0.900. The van der Waals surface area contributed by atoms with E-state index in [0.717, 1.165) is 38.6 Å². The summed E-state index contributed by atoms with van der Waals surface area (Å²) in [5.41, 5.74) is 1.42. The third kappa shape index (κ3) is 3.78. The molecule has 0 unspecified atom stereocenters. The summed E-state index contributed by atoms with van der Waals surface area (Å²) < 4.78 is 7.01. The van der Waals surface area contributed by atoms with E-state index in [4.69, 9.17) is 4.74 Å². The highest BCUT2D eigenvalue weighted by Crippen LogP contribution is 2.28. The topological polar surface area (TPSA) is 21.3 Å². The first-order valence-electron chi connectivity index (χ1n) is 7.17. The van der Waals surface area contributed by atoms with Crippen molar-refractivity contribution in [1.29, 1.82) is 0 Å². The molecule has 0 saturated heterocycles. The Labute approximate surface area is 118 Å². The Morgan fingerprint density at radius 3 is 3.05 bits per heavy atom. The fourth-order valence-corrected chi connectivity index (χ4v) is 3.19. The maximum absolute atomic E-state index is 5.63. The first-order chi connectivity index (χ1) is 9.43. The van der Waals surface area contributed by atoms with E-state index in [1.54, 1.807) is 0 Å². The average molecular weight is 275 g/mol. The maximum atomic E-state index is 5.63. The summed E-state index contributed by atoms with van der Waals surface area (Å²) in [5, 5.41) is 7.17. The first-order valence-corrected chi connectivity index (χ1v) is 8.05. The second-order valence-electron chi connectivity index (χ2n) is 5.31.